The summed E-state index contributed by atoms with van der Waals surface area (Å²) in [5.74, 6) is 0.148. The smallest absolute Gasteiger partial charge is 0.155 e. The maximum Gasteiger partial charge on any atom is 0.155 e. The van der Waals surface area contributed by atoms with E-state index in [1.165, 1.54) is 13.2 Å². The number of ether oxygens (including phenoxy) is 1. The molecule has 0 unspecified atom stereocenters. The highest BCUT2D eigenvalue weighted by molar-refractivity contribution is 5.66. The fourth-order valence-electron chi connectivity index (χ4n) is 2.13. The second-order valence-corrected chi connectivity index (χ2v) is 4.19. The van der Waals surface area contributed by atoms with Crippen LogP contribution in [0.15, 0.2) is 36.8 Å². The maximum absolute atomic E-state index is 14.2. The molecule has 0 fully saturated rings. The van der Waals surface area contributed by atoms with E-state index in [4.69, 9.17) is 4.74 Å². The van der Waals surface area contributed by atoms with E-state index in [2.05, 4.69) is 9.97 Å². The summed E-state index contributed by atoms with van der Waals surface area (Å²) >= 11 is 0. The highest BCUT2D eigenvalue weighted by atomic mass is 19.1. The van der Waals surface area contributed by atoms with Crippen molar-refractivity contribution >= 4 is 5.65 Å². The molecule has 0 bridgehead atoms. The van der Waals surface area contributed by atoms with E-state index in [1.54, 1.807) is 30.7 Å². The van der Waals surface area contributed by atoms with Crippen LogP contribution in [0, 0.1) is 12.7 Å². The Morgan fingerprint density at radius 3 is 2.84 bits per heavy atom. The van der Waals surface area contributed by atoms with Crippen molar-refractivity contribution < 1.29 is 9.13 Å². The van der Waals surface area contributed by atoms with Crippen molar-refractivity contribution in [3.63, 3.8) is 0 Å². The molecule has 0 N–H and O–H groups in total. The molecule has 0 aliphatic heterocycles. The highest BCUT2D eigenvalue weighted by Gasteiger charge is 2.13. The Morgan fingerprint density at radius 2 is 2.11 bits per heavy atom. The summed E-state index contributed by atoms with van der Waals surface area (Å²) in [7, 11) is 1.51. The van der Waals surface area contributed by atoms with E-state index in [-0.39, 0.29) is 5.82 Å². The van der Waals surface area contributed by atoms with E-state index >= 15 is 0 Å². The second-order valence-electron chi connectivity index (χ2n) is 4.19. The number of aryl methyl sites for hydroxylation is 1. The van der Waals surface area contributed by atoms with Crippen molar-refractivity contribution in [2.45, 2.75) is 6.92 Å². The lowest BCUT2D eigenvalue weighted by Crippen LogP contribution is -1.99. The van der Waals surface area contributed by atoms with Gasteiger partial charge >= 0.3 is 0 Å². The number of imidazole rings is 1. The number of methoxy groups -OCH3 is 1. The summed E-state index contributed by atoms with van der Waals surface area (Å²) in [5, 5.41) is 0. The number of aromatic nitrogens is 3. The Morgan fingerprint density at radius 1 is 1.26 bits per heavy atom. The topological polar surface area (TPSA) is 39.4 Å². The van der Waals surface area contributed by atoms with Crippen LogP contribution in [0.2, 0.25) is 0 Å². The number of rotatable bonds is 2. The van der Waals surface area contributed by atoms with Crippen LogP contribution in [0.4, 0.5) is 4.39 Å². The molecule has 19 heavy (non-hydrogen) atoms. The van der Waals surface area contributed by atoms with Gasteiger partial charge in [-0.1, -0.05) is 0 Å². The standard InChI is InChI=1S/C14H12FN3O/c1-9-14(18-6-5-16-13(18)8-17-9)11-4-3-10(19-2)7-12(11)15/h3-8H,1-2H3. The Kier molecular flexibility index (Phi) is 2.67. The Bertz CT molecular complexity index is 752. The van der Waals surface area contributed by atoms with E-state index in [0.717, 1.165) is 5.69 Å². The largest absolute Gasteiger partial charge is 0.497 e. The molecule has 3 rings (SSSR count). The Hall–Kier alpha value is -2.43. The van der Waals surface area contributed by atoms with Gasteiger partial charge in [-0.05, 0) is 19.1 Å². The van der Waals surface area contributed by atoms with Gasteiger partial charge in [0, 0.05) is 24.0 Å². The summed E-state index contributed by atoms with van der Waals surface area (Å²) in [4.78, 5) is 8.42. The minimum atomic E-state index is -0.342. The van der Waals surface area contributed by atoms with Crippen molar-refractivity contribution in [2.24, 2.45) is 0 Å². The third kappa shape index (κ3) is 1.83. The van der Waals surface area contributed by atoms with Gasteiger partial charge in [-0.2, -0.15) is 0 Å². The SMILES string of the molecule is COc1ccc(-c2c(C)ncc3nccn23)c(F)c1. The molecule has 3 aromatic rings. The Labute approximate surface area is 109 Å². The van der Waals surface area contributed by atoms with Crippen LogP contribution in [0.5, 0.6) is 5.75 Å². The van der Waals surface area contributed by atoms with Gasteiger partial charge < -0.3 is 4.74 Å². The average Bonchev–Trinajstić information content (AvgIpc) is 2.88. The molecule has 0 atom stereocenters. The first-order chi connectivity index (χ1) is 9.20. The summed E-state index contributed by atoms with van der Waals surface area (Å²) < 4.78 is 21.0. The van der Waals surface area contributed by atoms with Crippen LogP contribution in [-0.4, -0.2) is 21.5 Å². The molecule has 2 heterocycles. The van der Waals surface area contributed by atoms with E-state index in [0.29, 0.717) is 22.7 Å². The minimum Gasteiger partial charge on any atom is -0.497 e. The lowest BCUT2D eigenvalue weighted by atomic mass is 10.1. The number of nitrogens with zero attached hydrogens (tertiary/aromatic N) is 3. The molecule has 0 aliphatic carbocycles. The quantitative estimate of drug-likeness (QED) is 0.708. The maximum atomic E-state index is 14.2. The predicted molar refractivity (Wildman–Crippen MR) is 69.7 cm³/mol. The molecule has 0 saturated heterocycles. The molecular weight excluding hydrogens is 245 g/mol. The van der Waals surface area contributed by atoms with E-state index in [1.807, 2.05) is 11.3 Å². The van der Waals surface area contributed by atoms with Crippen LogP contribution in [-0.2, 0) is 0 Å². The van der Waals surface area contributed by atoms with Crippen molar-refractivity contribution in [3.8, 4) is 17.0 Å². The van der Waals surface area contributed by atoms with Gasteiger partial charge in [0.15, 0.2) is 5.65 Å². The van der Waals surface area contributed by atoms with Crippen molar-refractivity contribution in [1.29, 1.82) is 0 Å². The summed E-state index contributed by atoms with van der Waals surface area (Å²) in [5.41, 5.74) is 2.62. The van der Waals surface area contributed by atoms with Gasteiger partial charge in [-0.15, -0.1) is 0 Å². The third-order valence-corrected chi connectivity index (χ3v) is 3.06. The number of halogens is 1. The van der Waals surface area contributed by atoms with Gasteiger partial charge in [0.2, 0.25) is 0 Å². The third-order valence-electron chi connectivity index (χ3n) is 3.06. The lowest BCUT2D eigenvalue weighted by Gasteiger charge is -2.10. The number of hydrogen-bond acceptors (Lipinski definition) is 3. The molecule has 96 valence electrons. The predicted octanol–water partition coefficient (Wildman–Crippen LogP) is 2.85. The van der Waals surface area contributed by atoms with Crippen LogP contribution >= 0.6 is 0 Å². The Balaban J connectivity index is 2.29. The van der Waals surface area contributed by atoms with Crippen LogP contribution < -0.4 is 4.74 Å². The molecular formula is C14H12FN3O. The molecule has 0 radical (unpaired) electrons. The van der Waals surface area contributed by atoms with Gasteiger partial charge in [-0.25, -0.2) is 9.37 Å². The molecule has 0 saturated carbocycles. The summed E-state index contributed by atoms with van der Waals surface area (Å²) in [6, 6.07) is 4.79. The number of fused-ring (bicyclic) bond motifs is 1. The molecule has 0 amide bonds. The van der Waals surface area contributed by atoms with Crippen LogP contribution in [0.3, 0.4) is 0 Å². The monoisotopic (exact) mass is 257 g/mol. The van der Waals surface area contributed by atoms with E-state index in [9.17, 15) is 4.39 Å². The second kappa shape index (κ2) is 4.35. The number of hydrogen-bond donors (Lipinski definition) is 0. The fourth-order valence-corrected chi connectivity index (χ4v) is 2.13. The van der Waals surface area contributed by atoms with Gasteiger partial charge in [0.05, 0.1) is 24.7 Å². The lowest BCUT2D eigenvalue weighted by molar-refractivity contribution is 0.411. The fraction of sp³-hybridized carbons (Fsp3) is 0.143. The van der Waals surface area contributed by atoms with Crippen LogP contribution in [0.1, 0.15) is 5.69 Å². The van der Waals surface area contributed by atoms with E-state index < -0.39 is 0 Å². The van der Waals surface area contributed by atoms with Gasteiger partial charge in [0.1, 0.15) is 11.6 Å². The molecule has 2 aromatic heterocycles. The zero-order chi connectivity index (χ0) is 13.4. The minimum absolute atomic E-state index is 0.342. The first kappa shape index (κ1) is 11.6. The molecule has 0 aliphatic rings. The first-order valence-corrected chi connectivity index (χ1v) is 5.83. The average molecular weight is 257 g/mol. The van der Waals surface area contributed by atoms with Crippen LogP contribution in [0.25, 0.3) is 16.9 Å². The van der Waals surface area contributed by atoms with Gasteiger partial charge in [-0.3, -0.25) is 9.38 Å². The molecule has 5 heteroatoms. The zero-order valence-electron chi connectivity index (χ0n) is 10.6. The van der Waals surface area contributed by atoms with Gasteiger partial charge in [0.25, 0.3) is 0 Å². The number of benzene rings is 1. The van der Waals surface area contributed by atoms with Crippen molar-refractivity contribution in [2.75, 3.05) is 7.11 Å². The molecule has 0 spiro atoms. The summed E-state index contributed by atoms with van der Waals surface area (Å²) in [6.07, 6.45) is 5.13. The normalized spacial score (nSPS) is 10.9. The van der Waals surface area contributed by atoms with Crippen molar-refractivity contribution in [1.82, 2.24) is 14.4 Å². The highest BCUT2D eigenvalue weighted by Crippen LogP contribution is 2.28. The summed E-state index contributed by atoms with van der Waals surface area (Å²) in [6.45, 7) is 1.85. The molecule has 1 aromatic carbocycles. The molecule has 4 nitrogen and oxygen atoms in total. The first-order valence-electron chi connectivity index (χ1n) is 5.83. The van der Waals surface area contributed by atoms with Crippen molar-refractivity contribution in [3.05, 3.63) is 48.3 Å². The zero-order valence-corrected chi connectivity index (χ0v) is 10.6.